The summed E-state index contributed by atoms with van der Waals surface area (Å²) in [5.41, 5.74) is 0. The number of hydrogen-bond donors (Lipinski definition) is 3. The predicted molar refractivity (Wildman–Crippen MR) is 315 cm³/mol. The molecule has 0 aromatic carbocycles. The number of aliphatic hydroxyl groups excluding tert-OH is 2. The summed E-state index contributed by atoms with van der Waals surface area (Å²) in [4.78, 5) is 24.6. The maximum atomic E-state index is 12.5. The molecular weight excluding hydrogens is 887 g/mol. The summed E-state index contributed by atoms with van der Waals surface area (Å²) in [5, 5.41) is 23.2. The first kappa shape index (κ1) is 70.3. The maximum Gasteiger partial charge on any atom is 0.305 e. The number of nitrogens with one attached hydrogen (secondary N) is 1. The molecule has 426 valence electrons. The van der Waals surface area contributed by atoms with Crippen LogP contribution in [0.2, 0.25) is 0 Å². The molecule has 3 N–H and O–H groups in total. The van der Waals surface area contributed by atoms with Crippen LogP contribution >= 0.6 is 0 Å². The average Bonchev–Trinajstić information content (AvgIpc) is 3.38. The maximum absolute atomic E-state index is 12.5. The van der Waals surface area contributed by atoms with Crippen LogP contribution in [0.15, 0.2) is 24.3 Å². The van der Waals surface area contributed by atoms with Crippen molar-refractivity contribution in [2.75, 3.05) is 13.2 Å². The van der Waals surface area contributed by atoms with Crippen molar-refractivity contribution >= 4 is 11.9 Å². The number of allylic oxidation sites excluding steroid dienone is 3. The SMILES string of the molecule is CCCCCCCC/C=C\CCCCCCCCCC(=O)OCCCCCCCCCCCCCCCCCC(=O)NC(CO)C(O)/C=C/CCCCCCCCCCCCCCCCCCCCCCC. The molecule has 0 aromatic rings. The molecule has 72 heavy (non-hydrogen) atoms. The molecule has 0 radical (unpaired) electrons. The zero-order valence-corrected chi connectivity index (χ0v) is 48.7. The van der Waals surface area contributed by atoms with E-state index >= 15 is 0 Å². The molecular formula is C66H127NO5. The highest BCUT2D eigenvalue weighted by atomic mass is 16.5. The molecule has 0 bridgehead atoms. The number of carbonyl (C=O) groups excluding carboxylic acids is 2. The van der Waals surface area contributed by atoms with Gasteiger partial charge < -0.3 is 20.3 Å². The van der Waals surface area contributed by atoms with Crippen molar-refractivity contribution in [2.45, 2.75) is 373 Å². The quantitative estimate of drug-likeness (QED) is 0.0320. The Bertz CT molecular complexity index is 1120. The van der Waals surface area contributed by atoms with Crippen molar-refractivity contribution in [2.24, 2.45) is 0 Å². The molecule has 0 heterocycles. The molecule has 0 rings (SSSR count). The van der Waals surface area contributed by atoms with Crippen LogP contribution in [-0.4, -0.2) is 47.4 Å². The number of esters is 1. The van der Waals surface area contributed by atoms with E-state index < -0.39 is 12.1 Å². The van der Waals surface area contributed by atoms with Gasteiger partial charge in [-0.2, -0.15) is 0 Å². The van der Waals surface area contributed by atoms with E-state index in [-0.39, 0.29) is 18.5 Å². The molecule has 0 aliphatic rings. The summed E-state index contributed by atoms with van der Waals surface area (Å²) in [7, 11) is 0. The number of ether oxygens (including phenoxy) is 1. The monoisotopic (exact) mass is 1010 g/mol. The fraction of sp³-hybridized carbons (Fsp3) is 0.909. The zero-order valence-electron chi connectivity index (χ0n) is 48.7. The predicted octanol–water partition coefficient (Wildman–Crippen LogP) is 20.6. The molecule has 0 aromatic heterocycles. The van der Waals surface area contributed by atoms with Gasteiger partial charge in [0.2, 0.25) is 5.91 Å². The number of aliphatic hydroxyl groups is 2. The Morgan fingerprint density at radius 2 is 0.653 bits per heavy atom. The van der Waals surface area contributed by atoms with Gasteiger partial charge in [0.25, 0.3) is 0 Å². The summed E-state index contributed by atoms with van der Waals surface area (Å²) in [6.45, 7) is 4.91. The minimum Gasteiger partial charge on any atom is -0.466 e. The second kappa shape index (κ2) is 61.9. The summed E-state index contributed by atoms with van der Waals surface area (Å²) in [5.74, 6) is -0.0757. The summed E-state index contributed by atoms with van der Waals surface area (Å²) < 4.78 is 5.49. The fourth-order valence-corrected chi connectivity index (χ4v) is 10.2. The molecule has 6 heteroatoms. The lowest BCUT2D eigenvalue weighted by atomic mass is 10.0. The largest absolute Gasteiger partial charge is 0.466 e. The number of hydrogen-bond acceptors (Lipinski definition) is 5. The molecule has 2 atom stereocenters. The van der Waals surface area contributed by atoms with E-state index in [0.717, 1.165) is 51.4 Å². The zero-order chi connectivity index (χ0) is 52.2. The highest BCUT2D eigenvalue weighted by Gasteiger charge is 2.18. The van der Waals surface area contributed by atoms with Crippen molar-refractivity contribution in [3.63, 3.8) is 0 Å². The van der Waals surface area contributed by atoms with Crippen molar-refractivity contribution < 1.29 is 24.5 Å². The lowest BCUT2D eigenvalue weighted by Crippen LogP contribution is -2.45. The van der Waals surface area contributed by atoms with E-state index in [1.807, 2.05) is 6.08 Å². The van der Waals surface area contributed by atoms with Crippen LogP contribution in [0.5, 0.6) is 0 Å². The van der Waals surface area contributed by atoms with E-state index in [0.29, 0.717) is 19.4 Å². The van der Waals surface area contributed by atoms with Gasteiger partial charge in [-0.25, -0.2) is 0 Å². The first-order chi connectivity index (χ1) is 35.5. The Morgan fingerprint density at radius 1 is 0.375 bits per heavy atom. The lowest BCUT2D eigenvalue weighted by Gasteiger charge is -2.20. The molecule has 2 unspecified atom stereocenters. The van der Waals surface area contributed by atoms with E-state index in [4.69, 9.17) is 4.74 Å². The first-order valence-electron chi connectivity index (χ1n) is 32.6. The van der Waals surface area contributed by atoms with E-state index in [9.17, 15) is 19.8 Å². The van der Waals surface area contributed by atoms with Gasteiger partial charge >= 0.3 is 5.97 Å². The molecule has 0 aliphatic carbocycles. The Hall–Kier alpha value is -1.66. The van der Waals surface area contributed by atoms with Gasteiger partial charge in [0, 0.05) is 12.8 Å². The van der Waals surface area contributed by atoms with Crippen LogP contribution in [0.3, 0.4) is 0 Å². The molecule has 0 saturated carbocycles. The van der Waals surface area contributed by atoms with Crippen LogP contribution in [0.1, 0.15) is 361 Å². The highest BCUT2D eigenvalue weighted by molar-refractivity contribution is 5.76. The van der Waals surface area contributed by atoms with Crippen LogP contribution in [0, 0.1) is 0 Å². The third-order valence-corrected chi connectivity index (χ3v) is 15.2. The third-order valence-electron chi connectivity index (χ3n) is 15.2. The number of amides is 1. The standard InChI is InChI=1S/C66H127NO5/c1-3-5-7-9-11-13-15-17-19-21-22-23-24-25-26-28-30-34-38-42-46-50-54-58-64(69)63(62-68)67-65(70)59-55-51-47-43-39-35-31-29-33-37-41-45-49-53-57-61-72-66(71)60-56-52-48-44-40-36-32-27-20-18-16-14-12-10-8-6-4-2/h18,20,54,58,63-64,68-69H,3-17,19,21-53,55-57,59-62H2,1-2H3,(H,67,70)/b20-18-,58-54+. The van der Waals surface area contributed by atoms with Gasteiger partial charge in [0.1, 0.15) is 0 Å². The highest BCUT2D eigenvalue weighted by Crippen LogP contribution is 2.18. The van der Waals surface area contributed by atoms with Crippen LogP contribution < -0.4 is 5.32 Å². The van der Waals surface area contributed by atoms with Gasteiger partial charge in [0.05, 0.1) is 25.4 Å². The van der Waals surface area contributed by atoms with E-state index in [1.54, 1.807) is 6.08 Å². The topological polar surface area (TPSA) is 95.9 Å². The summed E-state index contributed by atoms with van der Waals surface area (Å²) in [6.07, 6.45) is 76.5. The molecule has 0 saturated heterocycles. The first-order valence-corrected chi connectivity index (χ1v) is 32.6. The Morgan fingerprint density at radius 3 is 0.986 bits per heavy atom. The fourth-order valence-electron chi connectivity index (χ4n) is 10.2. The van der Waals surface area contributed by atoms with E-state index in [1.165, 1.54) is 283 Å². The number of carbonyl (C=O) groups is 2. The van der Waals surface area contributed by atoms with Gasteiger partial charge in [0.15, 0.2) is 0 Å². The van der Waals surface area contributed by atoms with E-state index in [2.05, 4.69) is 31.3 Å². The average molecular weight is 1010 g/mol. The van der Waals surface area contributed by atoms with Gasteiger partial charge in [-0.1, -0.05) is 314 Å². The van der Waals surface area contributed by atoms with Crippen LogP contribution in [-0.2, 0) is 14.3 Å². The minimum absolute atomic E-state index is 0.00284. The molecule has 6 nitrogen and oxygen atoms in total. The van der Waals surface area contributed by atoms with Gasteiger partial charge in [-0.05, 0) is 57.8 Å². The van der Waals surface area contributed by atoms with Gasteiger partial charge in [-0.15, -0.1) is 0 Å². The second-order valence-corrected chi connectivity index (χ2v) is 22.5. The molecule has 0 fully saturated rings. The summed E-state index contributed by atoms with van der Waals surface area (Å²) in [6, 6.07) is -0.636. The Kier molecular flexibility index (Phi) is 60.5. The normalized spacial score (nSPS) is 12.7. The smallest absolute Gasteiger partial charge is 0.305 e. The Balaban J connectivity index is 3.45. The number of rotatable bonds is 61. The molecule has 0 spiro atoms. The van der Waals surface area contributed by atoms with Crippen molar-refractivity contribution in [3.05, 3.63) is 24.3 Å². The minimum atomic E-state index is -0.852. The van der Waals surface area contributed by atoms with Gasteiger partial charge in [-0.3, -0.25) is 9.59 Å². The van der Waals surface area contributed by atoms with Crippen molar-refractivity contribution in [1.29, 1.82) is 0 Å². The molecule has 1 amide bonds. The lowest BCUT2D eigenvalue weighted by molar-refractivity contribution is -0.143. The van der Waals surface area contributed by atoms with Crippen LogP contribution in [0.25, 0.3) is 0 Å². The second-order valence-electron chi connectivity index (χ2n) is 22.5. The van der Waals surface area contributed by atoms with Crippen molar-refractivity contribution in [1.82, 2.24) is 5.32 Å². The van der Waals surface area contributed by atoms with Crippen LogP contribution in [0.4, 0.5) is 0 Å². The summed E-state index contributed by atoms with van der Waals surface area (Å²) >= 11 is 0. The number of unbranched alkanes of at least 4 members (excludes halogenated alkanes) is 48. The van der Waals surface area contributed by atoms with Crippen molar-refractivity contribution in [3.8, 4) is 0 Å². The third kappa shape index (κ3) is 57.6. The molecule has 0 aliphatic heterocycles. The Labute approximate surface area is 450 Å².